The van der Waals surface area contributed by atoms with Crippen LogP contribution in [0.25, 0.3) is 0 Å². The van der Waals surface area contributed by atoms with Gasteiger partial charge in [-0.1, -0.05) is 82.0 Å². The van der Waals surface area contributed by atoms with Gasteiger partial charge in [-0.3, -0.25) is 10.1 Å². The molecule has 0 unspecified atom stereocenters. The third-order valence-corrected chi connectivity index (χ3v) is 26.3. The topological polar surface area (TPSA) is 128 Å². The molecule has 1 aliphatic rings. The van der Waals surface area contributed by atoms with Crippen LogP contribution in [0.5, 0.6) is 5.75 Å². The first-order valence-corrected chi connectivity index (χ1v) is 30.7. The van der Waals surface area contributed by atoms with Crippen LogP contribution in [-0.4, -0.2) is 88.3 Å². The largest absolute Gasteiger partial charge is 0.464 e. The van der Waals surface area contributed by atoms with Crippen molar-refractivity contribution in [2.24, 2.45) is 0 Å². The number of ether oxygens (including phenoxy) is 3. The molecule has 1 aromatic rings. The van der Waals surface area contributed by atoms with E-state index in [0.717, 1.165) is 6.04 Å². The number of carbonyl (C=O) groups is 1. The Labute approximate surface area is 312 Å². The molecule has 1 N–H and O–H groups in total. The number of nitrogens with one attached hydrogen (secondary N) is 1. The van der Waals surface area contributed by atoms with Gasteiger partial charge in [-0.15, -0.1) is 0 Å². The van der Waals surface area contributed by atoms with E-state index in [4.69, 9.17) is 27.5 Å². The van der Waals surface area contributed by atoms with Crippen molar-refractivity contribution in [1.29, 1.82) is 0 Å². The van der Waals surface area contributed by atoms with Gasteiger partial charge in [0.15, 0.2) is 31.1 Å². The van der Waals surface area contributed by atoms with Crippen LogP contribution in [0.4, 0.5) is 11.4 Å². The maximum absolute atomic E-state index is 14.3. The minimum atomic E-state index is -2.57. The van der Waals surface area contributed by atoms with Crippen LogP contribution in [-0.2, 0) is 27.5 Å². The Morgan fingerprint density at radius 3 is 1.65 bits per heavy atom. The van der Waals surface area contributed by atoms with Crippen molar-refractivity contribution in [2.45, 2.75) is 173 Å². The number of benzene rings is 1. The summed E-state index contributed by atoms with van der Waals surface area (Å²) in [5.74, 6) is -0.213. The predicted octanol–water partition coefficient (Wildman–Crippen LogP) is 9.79. The molecule has 1 heterocycles. The summed E-state index contributed by atoms with van der Waals surface area (Å²) in [6, 6.07) is 5.14. The predicted molar refractivity (Wildman–Crippen MR) is 217 cm³/mol. The lowest BCUT2D eigenvalue weighted by Crippen LogP contribution is -2.69. The smallest absolute Gasteiger partial charge is 0.338 e. The van der Waals surface area contributed by atoms with E-state index in [1.165, 1.54) is 12.1 Å². The van der Waals surface area contributed by atoms with E-state index in [1.54, 1.807) is 13.1 Å². The standard InChI is InChI=1S/C36H70N2O9Si4/c1-34(2,3)49(14,15)45-28-29(46-50(16,17)35(4,5)6)31(47-51(18,19)36(7,8)9)33(44-30(28)32(39)42-22-23-48(11,12)13)43-27-21-20-25(38(40)41)24-26(27)37-10/h20-21,24,28-31,33,37H,22-23H2,1-19H3/t28-,29-,30-,31+,33+/m0/s1. The molecule has 1 aliphatic heterocycles. The summed E-state index contributed by atoms with van der Waals surface area (Å²) in [4.78, 5) is 25.5. The number of rotatable bonds is 14. The van der Waals surface area contributed by atoms with E-state index in [0.29, 0.717) is 11.4 Å². The summed E-state index contributed by atoms with van der Waals surface area (Å²) in [6.07, 6.45) is -4.76. The van der Waals surface area contributed by atoms with Gasteiger partial charge in [0.25, 0.3) is 5.69 Å². The second-order valence-corrected chi connectivity index (χ2v) is 39.6. The number of nitrogens with zero attached hydrogens (tertiary/aromatic N) is 1. The molecule has 11 nitrogen and oxygen atoms in total. The number of carbonyl (C=O) groups excluding carboxylic acids is 1. The van der Waals surface area contributed by atoms with Gasteiger partial charge in [-0.05, 0) is 66.5 Å². The number of esters is 1. The maximum Gasteiger partial charge on any atom is 0.338 e. The Balaban J connectivity index is 2.94. The van der Waals surface area contributed by atoms with Gasteiger partial charge in [0, 0.05) is 27.3 Å². The van der Waals surface area contributed by atoms with Gasteiger partial charge in [0.1, 0.15) is 24.1 Å². The summed E-state index contributed by atoms with van der Waals surface area (Å²) in [7, 11) is -7.54. The number of anilines is 1. The molecular weight excluding hydrogens is 717 g/mol. The van der Waals surface area contributed by atoms with Crippen LogP contribution < -0.4 is 10.1 Å². The average molecular weight is 787 g/mol. The molecule has 0 bridgehead atoms. The highest BCUT2D eigenvalue weighted by Gasteiger charge is 2.59. The van der Waals surface area contributed by atoms with Gasteiger partial charge in [-0.2, -0.15) is 0 Å². The Morgan fingerprint density at radius 2 is 1.24 bits per heavy atom. The Morgan fingerprint density at radius 1 is 0.784 bits per heavy atom. The summed E-state index contributed by atoms with van der Waals surface area (Å²) in [5.41, 5.74) is 0.311. The number of hydrogen-bond donors (Lipinski definition) is 1. The molecule has 0 spiro atoms. The summed E-state index contributed by atoms with van der Waals surface area (Å²) < 4.78 is 41.3. The van der Waals surface area contributed by atoms with Crippen LogP contribution in [0.3, 0.4) is 0 Å². The Hall–Kier alpha value is -1.60. The second-order valence-electron chi connectivity index (χ2n) is 19.7. The quantitative estimate of drug-likeness (QED) is 0.0843. The van der Waals surface area contributed by atoms with Crippen molar-refractivity contribution in [3.8, 4) is 5.75 Å². The van der Waals surface area contributed by atoms with E-state index in [1.807, 2.05) is 0 Å². The molecule has 15 heteroatoms. The zero-order valence-electron chi connectivity index (χ0n) is 35.2. The monoisotopic (exact) mass is 786 g/mol. The lowest BCUT2D eigenvalue weighted by atomic mass is 9.99. The van der Waals surface area contributed by atoms with Gasteiger partial charge in [-0.25, -0.2) is 4.79 Å². The highest BCUT2D eigenvalue weighted by molar-refractivity contribution is 6.76. The minimum Gasteiger partial charge on any atom is -0.464 e. The normalized spacial score (nSPS) is 22.8. The summed E-state index contributed by atoms with van der Waals surface area (Å²) in [6.45, 7) is 39.5. The molecule has 1 aromatic carbocycles. The van der Waals surface area contributed by atoms with Crippen LogP contribution in [0.15, 0.2) is 18.2 Å². The minimum absolute atomic E-state index is 0.0869. The van der Waals surface area contributed by atoms with Crippen LogP contribution in [0.1, 0.15) is 62.3 Å². The molecule has 5 atom stereocenters. The highest BCUT2D eigenvalue weighted by Crippen LogP contribution is 2.46. The SMILES string of the molecule is CNc1cc([N+](=O)[O-])ccc1O[C@@H]1O[C@H](C(=O)OCC[Si](C)(C)C)[C@@H](O[Si](C)(C)C(C)(C)C)[C@H](O[Si](C)(C)C(C)(C)C)[C@H]1O[Si](C)(C)C(C)(C)C. The summed E-state index contributed by atoms with van der Waals surface area (Å²) in [5, 5.41) is 14.1. The third kappa shape index (κ3) is 11.7. The maximum atomic E-state index is 14.3. The molecular formula is C36H70N2O9Si4. The molecule has 0 aromatic heterocycles. The van der Waals surface area contributed by atoms with E-state index in [-0.39, 0.29) is 27.4 Å². The van der Waals surface area contributed by atoms with Crippen molar-refractivity contribution in [1.82, 2.24) is 0 Å². The van der Waals surface area contributed by atoms with Gasteiger partial charge >= 0.3 is 5.97 Å². The van der Waals surface area contributed by atoms with E-state index < -0.39 is 74.6 Å². The van der Waals surface area contributed by atoms with Crippen LogP contribution in [0.2, 0.25) is 80.1 Å². The van der Waals surface area contributed by atoms with Gasteiger partial charge in [0.2, 0.25) is 6.29 Å². The van der Waals surface area contributed by atoms with Crippen molar-refractivity contribution >= 4 is 50.4 Å². The molecule has 0 radical (unpaired) electrons. The first-order valence-electron chi connectivity index (χ1n) is 18.2. The molecule has 294 valence electrons. The zero-order valence-corrected chi connectivity index (χ0v) is 39.2. The van der Waals surface area contributed by atoms with Crippen LogP contribution in [0, 0.1) is 10.1 Å². The fraction of sp³-hybridized carbons (Fsp3) is 0.806. The fourth-order valence-electron chi connectivity index (χ4n) is 4.63. The van der Waals surface area contributed by atoms with Gasteiger partial charge in [0.05, 0.1) is 17.2 Å². The van der Waals surface area contributed by atoms with Crippen molar-refractivity contribution < 1.29 is 37.2 Å². The molecule has 0 aliphatic carbocycles. The van der Waals surface area contributed by atoms with Crippen molar-refractivity contribution in [3.63, 3.8) is 0 Å². The molecule has 0 saturated carbocycles. The fourth-order valence-corrected chi connectivity index (χ4v) is 9.22. The zero-order chi connectivity index (χ0) is 39.8. The Kier molecular flexibility index (Phi) is 14.3. The Bertz CT molecular complexity index is 1360. The lowest BCUT2D eigenvalue weighted by Gasteiger charge is -2.53. The number of hydrogen-bond acceptors (Lipinski definition) is 10. The number of non-ortho nitro benzene ring substituents is 1. The van der Waals surface area contributed by atoms with Crippen LogP contribution >= 0.6 is 0 Å². The molecule has 2 rings (SSSR count). The van der Waals surface area contributed by atoms with E-state index in [9.17, 15) is 14.9 Å². The van der Waals surface area contributed by atoms with Crippen molar-refractivity contribution in [2.75, 3.05) is 19.0 Å². The molecule has 1 fully saturated rings. The molecule has 0 amide bonds. The second kappa shape index (κ2) is 16.0. The molecule has 51 heavy (non-hydrogen) atoms. The van der Waals surface area contributed by atoms with E-state index in [2.05, 4.69) is 127 Å². The van der Waals surface area contributed by atoms with Gasteiger partial charge < -0.3 is 32.8 Å². The average Bonchev–Trinajstić information content (AvgIpc) is 2.93. The third-order valence-electron chi connectivity index (χ3n) is 11.2. The summed E-state index contributed by atoms with van der Waals surface area (Å²) >= 11 is 0. The molecule has 1 saturated heterocycles. The number of nitro groups is 1. The first-order chi connectivity index (χ1) is 22.7. The van der Waals surface area contributed by atoms with Crippen molar-refractivity contribution in [3.05, 3.63) is 28.3 Å². The highest BCUT2D eigenvalue weighted by atomic mass is 28.4. The lowest BCUT2D eigenvalue weighted by molar-refractivity contribution is -0.384. The van der Waals surface area contributed by atoms with E-state index >= 15 is 0 Å². The first kappa shape index (κ1) is 45.6. The number of nitro benzene ring substituents is 1.